The summed E-state index contributed by atoms with van der Waals surface area (Å²) in [7, 11) is 1.52. The van der Waals surface area contributed by atoms with Gasteiger partial charge in [0.15, 0.2) is 0 Å². The summed E-state index contributed by atoms with van der Waals surface area (Å²) < 4.78 is 4.82. The number of aliphatic hydroxyl groups is 1. The standard InChI is InChI=1S/C6H15NO.C6H18NSi2.Co/c1-5(2)6(8)7(3)4;1-8(2,3)7-9(4,5)6;/h5-6,8H,1-4H3;1-6H3;/q;-1;. The summed E-state index contributed by atoms with van der Waals surface area (Å²) in [5, 5.41) is 9.13. The van der Waals surface area contributed by atoms with Gasteiger partial charge in [-0.3, -0.25) is 4.90 Å². The molecule has 0 aromatic carbocycles. The first kappa shape index (κ1) is 23.9. The Morgan fingerprint density at radius 3 is 1.17 bits per heavy atom. The van der Waals surface area contributed by atoms with Crippen LogP contribution >= 0.6 is 0 Å². The topological polar surface area (TPSA) is 37.6 Å². The number of hydrogen-bond donors (Lipinski definition) is 1. The molecule has 0 spiro atoms. The molecule has 0 bridgehead atoms. The van der Waals surface area contributed by atoms with Gasteiger partial charge in [-0.2, -0.15) is 0 Å². The molecule has 1 N–H and O–H groups in total. The largest absolute Gasteiger partial charge is 0.668 e. The molecule has 0 amide bonds. The van der Waals surface area contributed by atoms with Crippen LogP contribution in [0.1, 0.15) is 13.8 Å². The van der Waals surface area contributed by atoms with Crippen molar-refractivity contribution in [1.82, 2.24) is 4.90 Å². The molecule has 0 aromatic rings. The average molecular weight is 337 g/mol. The molecule has 1 radical (unpaired) electrons. The SMILES string of the molecule is CC(C)C(O)N(C)C.C[Si](C)(C)[N-][Si](C)(C)C.[Co]. The summed E-state index contributed by atoms with van der Waals surface area (Å²) in [5.74, 6) is 0.324. The van der Waals surface area contributed by atoms with E-state index in [4.69, 9.17) is 9.75 Å². The predicted octanol–water partition coefficient (Wildman–Crippen LogP) is 3.55. The molecule has 6 heteroatoms. The van der Waals surface area contributed by atoms with E-state index in [0.29, 0.717) is 5.92 Å². The van der Waals surface area contributed by atoms with Crippen LogP contribution in [0.3, 0.4) is 0 Å². The maximum absolute atomic E-state index is 9.13. The first-order chi connectivity index (χ1) is 7.26. The molecule has 0 aliphatic carbocycles. The first-order valence-electron chi connectivity index (χ1n) is 6.35. The Morgan fingerprint density at radius 1 is 0.889 bits per heavy atom. The molecule has 18 heavy (non-hydrogen) atoms. The van der Waals surface area contributed by atoms with Crippen LogP contribution in [0.5, 0.6) is 0 Å². The fraction of sp³-hybridized carbons (Fsp3) is 1.00. The maximum Gasteiger partial charge on any atom is 0.109 e. The van der Waals surface area contributed by atoms with E-state index in [1.165, 1.54) is 0 Å². The van der Waals surface area contributed by atoms with Crippen molar-refractivity contribution in [3.05, 3.63) is 4.65 Å². The second-order valence-corrected chi connectivity index (χ2v) is 16.7. The molecule has 0 aromatic heterocycles. The molecular weight excluding hydrogens is 303 g/mol. The molecule has 3 nitrogen and oxygen atoms in total. The molecular formula is C12H33CoN2OSi2-. The summed E-state index contributed by atoms with van der Waals surface area (Å²) in [6.45, 7) is 17.8. The number of hydrogen-bond acceptors (Lipinski definition) is 2. The second-order valence-electron chi connectivity index (χ2n) is 7.07. The van der Waals surface area contributed by atoms with Crippen molar-refractivity contribution < 1.29 is 21.9 Å². The fourth-order valence-electron chi connectivity index (χ4n) is 1.60. The van der Waals surface area contributed by atoms with Gasteiger partial charge in [-0.25, -0.2) is 0 Å². The molecule has 0 aliphatic heterocycles. The molecule has 1 unspecified atom stereocenters. The molecule has 0 heterocycles. The van der Waals surface area contributed by atoms with E-state index >= 15 is 0 Å². The van der Waals surface area contributed by atoms with Gasteiger partial charge in [-0.15, -0.1) is 0 Å². The van der Waals surface area contributed by atoms with Crippen molar-refractivity contribution in [2.75, 3.05) is 14.1 Å². The van der Waals surface area contributed by atoms with Crippen LogP contribution < -0.4 is 0 Å². The number of nitrogens with zero attached hydrogens (tertiary/aromatic N) is 2. The minimum Gasteiger partial charge on any atom is -0.668 e. The zero-order chi connectivity index (χ0) is 14.4. The monoisotopic (exact) mass is 336 g/mol. The smallest absolute Gasteiger partial charge is 0.109 e. The van der Waals surface area contributed by atoms with E-state index in [9.17, 15) is 0 Å². The van der Waals surface area contributed by atoms with Gasteiger partial charge in [0, 0.05) is 16.8 Å². The summed E-state index contributed by atoms with van der Waals surface area (Å²) in [4.78, 5) is 1.80. The Morgan fingerprint density at radius 2 is 1.17 bits per heavy atom. The van der Waals surface area contributed by atoms with Gasteiger partial charge < -0.3 is 9.75 Å². The second kappa shape index (κ2) is 9.68. The van der Waals surface area contributed by atoms with Crippen LogP contribution in [0.2, 0.25) is 39.3 Å². The maximum atomic E-state index is 9.13. The Bertz CT molecular complexity index is 181. The number of rotatable bonds is 4. The molecule has 0 aliphatic rings. The van der Waals surface area contributed by atoms with Crippen molar-refractivity contribution in [3.63, 3.8) is 0 Å². The van der Waals surface area contributed by atoms with Gasteiger partial charge in [0.1, 0.15) is 6.23 Å². The van der Waals surface area contributed by atoms with Crippen LogP contribution in [0.25, 0.3) is 4.65 Å². The van der Waals surface area contributed by atoms with Crippen LogP contribution in [-0.2, 0) is 16.8 Å². The van der Waals surface area contributed by atoms with Crippen molar-refractivity contribution in [3.8, 4) is 0 Å². The van der Waals surface area contributed by atoms with E-state index in [1.807, 2.05) is 27.9 Å². The minimum absolute atomic E-state index is 0. The molecule has 0 saturated carbocycles. The number of aliphatic hydroxyl groups excluding tert-OH is 1. The minimum atomic E-state index is -1.11. The molecule has 0 saturated heterocycles. The first-order valence-corrected chi connectivity index (χ1v) is 13.2. The normalized spacial score (nSPS) is 13.8. The fourth-order valence-corrected chi connectivity index (χ4v) is 9.65. The zero-order valence-electron chi connectivity index (χ0n) is 13.8. The molecule has 0 rings (SSSR count). The molecule has 0 fully saturated rings. The van der Waals surface area contributed by atoms with Gasteiger partial charge in [-0.1, -0.05) is 69.6 Å². The third-order valence-electron chi connectivity index (χ3n) is 1.80. The van der Waals surface area contributed by atoms with Crippen molar-refractivity contribution in [2.24, 2.45) is 5.92 Å². The average Bonchev–Trinajstić information content (AvgIpc) is 1.96. The molecule has 1 atom stereocenters. The van der Waals surface area contributed by atoms with Crippen LogP contribution in [0.4, 0.5) is 0 Å². The van der Waals surface area contributed by atoms with Crippen LogP contribution in [0, 0.1) is 5.92 Å². The van der Waals surface area contributed by atoms with E-state index in [1.54, 1.807) is 4.90 Å². The van der Waals surface area contributed by atoms with Gasteiger partial charge in [0.05, 0.1) is 0 Å². The third kappa shape index (κ3) is 19.2. The van der Waals surface area contributed by atoms with Crippen LogP contribution in [0.15, 0.2) is 0 Å². The Hall–Kier alpha value is 0.820. The Labute approximate surface area is 127 Å². The summed E-state index contributed by atoms with van der Waals surface area (Å²) in [6.07, 6.45) is -0.296. The van der Waals surface area contributed by atoms with Gasteiger partial charge in [0.25, 0.3) is 0 Å². The van der Waals surface area contributed by atoms with Crippen molar-refractivity contribution >= 4 is 16.5 Å². The van der Waals surface area contributed by atoms with Crippen molar-refractivity contribution in [1.29, 1.82) is 0 Å². The van der Waals surface area contributed by atoms with E-state index in [0.717, 1.165) is 0 Å². The van der Waals surface area contributed by atoms with E-state index in [-0.39, 0.29) is 23.0 Å². The summed E-state index contributed by atoms with van der Waals surface area (Å²) >= 11 is 0. The van der Waals surface area contributed by atoms with Gasteiger partial charge >= 0.3 is 0 Å². The van der Waals surface area contributed by atoms with E-state index in [2.05, 4.69) is 39.3 Å². The summed E-state index contributed by atoms with van der Waals surface area (Å²) in [6, 6.07) is 0. The van der Waals surface area contributed by atoms with Gasteiger partial charge in [0.2, 0.25) is 0 Å². The Balaban J connectivity index is -0.000000238. The third-order valence-corrected chi connectivity index (χ3v) is 7.16. The predicted molar refractivity (Wildman–Crippen MR) is 84.6 cm³/mol. The quantitative estimate of drug-likeness (QED) is 0.630. The zero-order valence-corrected chi connectivity index (χ0v) is 16.9. The molecule has 115 valence electrons. The van der Waals surface area contributed by atoms with Crippen LogP contribution in [-0.4, -0.2) is 46.8 Å². The van der Waals surface area contributed by atoms with Gasteiger partial charge in [-0.05, 0) is 20.0 Å². The van der Waals surface area contributed by atoms with E-state index < -0.39 is 16.5 Å². The summed E-state index contributed by atoms with van der Waals surface area (Å²) in [5.41, 5.74) is 0. The van der Waals surface area contributed by atoms with Crippen molar-refractivity contribution in [2.45, 2.75) is 59.4 Å². The Kier molecular flexibility index (Phi) is 12.8.